The summed E-state index contributed by atoms with van der Waals surface area (Å²) < 4.78 is 19.5. The Morgan fingerprint density at radius 1 is 1.15 bits per heavy atom. The lowest BCUT2D eigenvalue weighted by Gasteiger charge is -2.47. The molecule has 2 atom stereocenters. The second-order valence-electron chi connectivity index (χ2n) is 13.9. The number of aliphatic hydroxyl groups excluding tert-OH is 1. The third kappa shape index (κ3) is 7.30. The van der Waals surface area contributed by atoms with Gasteiger partial charge in [-0.3, -0.25) is 4.79 Å². The largest absolute Gasteiger partial charge is 0.487 e. The van der Waals surface area contributed by atoms with Gasteiger partial charge in [-0.2, -0.15) is 0 Å². The highest BCUT2D eigenvalue weighted by Gasteiger charge is 2.47. The second kappa shape index (κ2) is 13.0. The van der Waals surface area contributed by atoms with E-state index < -0.39 is 0 Å². The third-order valence-corrected chi connectivity index (χ3v) is 9.86. The van der Waals surface area contributed by atoms with Gasteiger partial charge in [0.05, 0.1) is 39.8 Å². The lowest BCUT2D eigenvalue weighted by Crippen LogP contribution is -2.52. The van der Waals surface area contributed by atoms with E-state index in [1.807, 2.05) is 0 Å². The van der Waals surface area contributed by atoms with Crippen molar-refractivity contribution in [2.24, 2.45) is 5.92 Å². The minimum absolute atomic E-state index is 0.0634. The van der Waals surface area contributed by atoms with Gasteiger partial charge in [0.15, 0.2) is 0 Å². The zero-order chi connectivity index (χ0) is 29.0. The van der Waals surface area contributed by atoms with Crippen LogP contribution in [-0.4, -0.2) is 67.7 Å². The number of aliphatic hydroxyl groups is 1. The first-order chi connectivity index (χ1) is 19.0. The maximum Gasteiger partial charge on any atom is 0.311 e. The number of allylic oxidation sites excluding steroid dienone is 1. The predicted octanol–water partition coefficient (Wildman–Crippen LogP) is 6.68. The van der Waals surface area contributed by atoms with Crippen LogP contribution in [0.5, 0.6) is 11.5 Å². The van der Waals surface area contributed by atoms with E-state index in [4.69, 9.17) is 14.2 Å². The fourth-order valence-electron chi connectivity index (χ4n) is 6.98. The molecule has 6 nitrogen and oxygen atoms in total. The summed E-state index contributed by atoms with van der Waals surface area (Å²) in [4.78, 5) is 13.3. The number of ether oxygens (including phenoxy) is 3. The summed E-state index contributed by atoms with van der Waals surface area (Å²) in [5, 5.41) is 9.98. The Kier molecular flexibility index (Phi) is 10.1. The van der Waals surface area contributed by atoms with Gasteiger partial charge < -0.3 is 23.8 Å². The molecule has 1 aromatic rings. The first-order valence-corrected chi connectivity index (χ1v) is 15.8. The molecule has 4 rings (SSSR count). The normalized spacial score (nSPS) is 23.4. The van der Waals surface area contributed by atoms with Crippen molar-refractivity contribution in [3.63, 3.8) is 0 Å². The first-order valence-electron chi connectivity index (χ1n) is 15.8. The molecule has 0 unspecified atom stereocenters. The number of rotatable bonds is 12. The molecule has 0 spiro atoms. The minimum Gasteiger partial charge on any atom is -0.487 e. The molecule has 6 heteroatoms. The van der Waals surface area contributed by atoms with Crippen LogP contribution in [-0.2, 0) is 14.9 Å². The molecule has 1 aliphatic carbocycles. The van der Waals surface area contributed by atoms with Crippen molar-refractivity contribution in [2.45, 2.75) is 109 Å². The van der Waals surface area contributed by atoms with Crippen LogP contribution in [0.15, 0.2) is 23.8 Å². The topological polar surface area (TPSA) is 65.0 Å². The molecule has 0 amide bonds. The van der Waals surface area contributed by atoms with Gasteiger partial charge in [0.2, 0.25) is 0 Å². The van der Waals surface area contributed by atoms with Gasteiger partial charge in [-0.15, -0.1) is 0 Å². The van der Waals surface area contributed by atoms with E-state index in [-0.39, 0.29) is 35.4 Å². The average molecular weight is 557 g/mol. The number of esters is 1. The quantitative estimate of drug-likeness (QED) is 0.102. The van der Waals surface area contributed by atoms with Gasteiger partial charge in [0, 0.05) is 23.8 Å². The average Bonchev–Trinajstić information content (AvgIpc) is 2.90. The molecule has 0 aromatic heterocycles. The van der Waals surface area contributed by atoms with E-state index in [1.54, 1.807) is 0 Å². The van der Waals surface area contributed by atoms with E-state index in [9.17, 15) is 9.90 Å². The van der Waals surface area contributed by atoms with Crippen LogP contribution in [0, 0.1) is 5.92 Å². The molecule has 3 aliphatic rings. The predicted molar refractivity (Wildman–Crippen MR) is 160 cm³/mol. The standard InChI is InChI=1S/C34H54NO5/c1-7-8-9-10-15-33(2,3)26-22-29(39-31(37)12-11-16-35(6)17-19-38-20-18-35)32-27-21-25(24-36)13-14-28(27)34(4,5)40-30(32)23-26/h13,22-23,27-28,36H,7-12,14-21,24H2,1-6H3/q+1/t27-,28-/m0/s1. The molecule has 2 heterocycles. The number of nitrogens with zero attached hydrogens (tertiary/aromatic N) is 1. The minimum atomic E-state index is -0.350. The fraction of sp³-hybridized carbons (Fsp3) is 0.735. The molecule has 2 aliphatic heterocycles. The van der Waals surface area contributed by atoms with Crippen LogP contribution < -0.4 is 9.47 Å². The number of unbranched alkanes of at least 4 members (excludes halogenated alkanes) is 3. The van der Waals surface area contributed by atoms with Gasteiger partial charge in [-0.25, -0.2) is 0 Å². The lowest BCUT2D eigenvalue weighted by molar-refractivity contribution is -0.917. The van der Waals surface area contributed by atoms with Crippen LogP contribution in [0.4, 0.5) is 0 Å². The van der Waals surface area contributed by atoms with Crippen molar-refractivity contribution in [1.29, 1.82) is 0 Å². The van der Waals surface area contributed by atoms with Crippen LogP contribution >= 0.6 is 0 Å². The number of likely N-dealkylation sites (N-methyl/N-ethyl adjacent to an activating group) is 1. The van der Waals surface area contributed by atoms with Gasteiger partial charge in [-0.1, -0.05) is 52.5 Å². The van der Waals surface area contributed by atoms with Crippen molar-refractivity contribution < 1.29 is 28.6 Å². The molecule has 224 valence electrons. The SMILES string of the molecule is CCCCCCC(C)(C)c1cc(OC(=O)CCC[N+]2(C)CCOCC2)c2c(c1)OC(C)(C)[C@H]1CC=C(CO)C[C@H]21. The lowest BCUT2D eigenvalue weighted by atomic mass is 9.66. The second-order valence-corrected chi connectivity index (χ2v) is 13.9. The Bertz CT molecular complexity index is 1050. The smallest absolute Gasteiger partial charge is 0.311 e. The fourth-order valence-corrected chi connectivity index (χ4v) is 6.98. The molecule has 0 bridgehead atoms. The summed E-state index contributed by atoms with van der Waals surface area (Å²) in [6, 6.07) is 4.34. The summed E-state index contributed by atoms with van der Waals surface area (Å²) in [5.74, 6) is 1.74. The summed E-state index contributed by atoms with van der Waals surface area (Å²) in [5.41, 5.74) is 2.82. The highest BCUT2D eigenvalue weighted by atomic mass is 16.5. The Morgan fingerprint density at radius 3 is 2.60 bits per heavy atom. The summed E-state index contributed by atoms with van der Waals surface area (Å²) in [6.07, 6.45) is 11.0. The zero-order valence-electron chi connectivity index (χ0n) is 26.0. The molecule has 0 saturated carbocycles. The van der Waals surface area contributed by atoms with Crippen molar-refractivity contribution >= 4 is 5.97 Å². The number of fused-ring (bicyclic) bond motifs is 3. The van der Waals surface area contributed by atoms with Crippen molar-refractivity contribution in [3.8, 4) is 11.5 Å². The van der Waals surface area contributed by atoms with Crippen molar-refractivity contribution in [3.05, 3.63) is 34.9 Å². The number of hydrogen-bond donors (Lipinski definition) is 1. The Labute approximate surface area is 242 Å². The Morgan fingerprint density at radius 2 is 1.90 bits per heavy atom. The molecule has 1 fully saturated rings. The number of quaternary nitrogens is 1. The van der Waals surface area contributed by atoms with Crippen LogP contribution in [0.3, 0.4) is 0 Å². The van der Waals surface area contributed by atoms with E-state index >= 15 is 0 Å². The Hall–Kier alpha value is -1.89. The van der Waals surface area contributed by atoms with Crippen molar-refractivity contribution in [1.82, 2.24) is 0 Å². The number of hydrogen-bond acceptors (Lipinski definition) is 5. The molecule has 40 heavy (non-hydrogen) atoms. The summed E-state index contributed by atoms with van der Waals surface area (Å²) in [6.45, 7) is 15.8. The first kappa shape index (κ1) is 31.1. The monoisotopic (exact) mass is 556 g/mol. The highest BCUT2D eigenvalue weighted by Crippen LogP contribution is 2.55. The zero-order valence-corrected chi connectivity index (χ0v) is 26.0. The number of morpholine rings is 1. The van der Waals surface area contributed by atoms with E-state index in [0.29, 0.717) is 12.2 Å². The van der Waals surface area contributed by atoms with Gasteiger partial charge in [-0.05, 0) is 61.8 Å². The number of carbonyl (C=O) groups is 1. The third-order valence-electron chi connectivity index (χ3n) is 9.86. The number of benzene rings is 1. The van der Waals surface area contributed by atoms with E-state index in [1.165, 1.54) is 31.2 Å². The number of carbonyl (C=O) groups excluding carboxylic acids is 1. The van der Waals surface area contributed by atoms with Crippen LogP contribution in [0.1, 0.15) is 109 Å². The molecular formula is C34H54NO5+. The van der Waals surface area contributed by atoms with Gasteiger partial charge in [0.1, 0.15) is 30.2 Å². The van der Waals surface area contributed by atoms with E-state index in [2.05, 4.69) is 59.9 Å². The summed E-state index contributed by atoms with van der Waals surface area (Å²) >= 11 is 0. The highest BCUT2D eigenvalue weighted by molar-refractivity contribution is 5.74. The van der Waals surface area contributed by atoms with Crippen LogP contribution in [0.2, 0.25) is 0 Å². The maximum absolute atomic E-state index is 13.3. The molecular weight excluding hydrogens is 502 g/mol. The Balaban J connectivity index is 1.61. The van der Waals surface area contributed by atoms with E-state index in [0.717, 1.165) is 79.9 Å². The molecule has 1 saturated heterocycles. The summed E-state index contributed by atoms with van der Waals surface area (Å²) in [7, 11) is 2.25. The molecule has 0 radical (unpaired) electrons. The maximum atomic E-state index is 13.3. The van der Waals surface area contributed by atoms with Gasteiger partial charge in [0.25, 0.3) is 0 Å². The van der Waals surface area contributed by atoms with Crippen LogP contribution in [0.25, 0.3) is 0 Å². The molecule has 1 N–H and O–H groups in total. The van der Waals surface area contributed by atoms with Crippen molar-refractivity contribution in [2.75, 3.05) is 46.5 Å². The van der Waals surface area contributed by atoms with Gasteiger partial charge >= 0.3 is 5.97 Å². The molecule has 1 aromatic carbocycles.